The van der Waals surface area contributed by atoms with Crippen LogP contribution in [0.3, 0.4) is 0 Å². The van der Waals surface area contributed by atoms with Gasteiger partial charge in [-0.2, -0.15) is 0 Å². The van der Waals surface area contributed by atoms with E-state index in [1.54, 1.807) is 0 Å². The maximum atomic E-state index is 8.52. The SMILES string of the molecule is [O-][Br+2]([O-])[O-].[O-][Br+2]([O-])[O-].[O-][Br+2]([O-])[O-].[O-][Br+2]([O-])[O-].[Os+4]. The first-order valence-electron chi connectivity index (χ1n) is 1.85. The molecule has 17 heteroatoms. The van der Waals surface area contributed by atoms with E-state index in [1.165, 1.54) is 0 Å². The van der Waals surface area contributed by atoms with Crippen molar-refractivity contribution in [3.8, 4) is 0 Å². The minimum Gasteiger partial charge on any atom is -0.405 e. The van der Waals surface area contributed by atoms with Gasteiger partial charge in [-0.3, -0.25) is 0 Å². The first-order valence-corrected chi connectivity index (χ1v) is 9.62. The van der Waals surface area contributed by atoms with E-state index in [9.17, 15) is 0 Å². The largest absolute Gasteiger partial charge is 4.00 e. The molecule has 0 aromatic carbocycles. The Morgan fingerprint density at radius 2 is 0.294 bits per heavy atom. The maximum Gasteiger partial charge on any atom is 4.00 e. The van der Waals surface area contributed by atoms with Crippen molar-refractivity contribution in [3.05, 3.63) is 0 Å². The minimum atomic E-state index is -3.65. The molecule has 0 atom stereocenters. The molecule has 0 aromatic rings. The Morgan fingerprint density at radius 3 is 0.294 bits per heavy atom. The summed E-state index contributed by atoms with van der Waals surface area (Å²) in [4.78, 5) is 0. The monoisotopic (exact) mass is 700 g/mol. The van der Waals surface area contributed by atoms with Crippen LogP contribution in [0.4, 0.5) is 0 Å². The average Bonchev–Trinajstić information content (AvgIpc) is 1.76. The Labute approximate surface area is 128 Å². The first-order chi connectivity index (χ1) is 6.93. The summed E-state index contributed by atoms with van der Waals surface area (Å²) in [5.41, 5.74) is 0. The van der Waals surface area contributed by atoms with Gasteiger partial charge in [0, 0.05) is 0 Å². The van der Waals surface area contributed by atoms with E-state index in [0.29, 0.717) is 0 Å². The van der Waals surface area contributed by atoms with E-state index in [1.807, 2.05) is 0 Å². The summed E-state index contributed by atoms with van der Waals surface area (Å²) in [6.45, 7) is 0. The molecule has 0 aromatic heterocycles. The molecule has 0 radical (unpaired) electrons. The van der Waals surface area contributed by atoms with Crippen LogP contribution in [0.15, 0.2) is 0 Å². The van der Waals surface area contributed by atoms with Gasteiger partial charge in [-0.05, 0) is 0 Å². The summed E-state index contributed by atoms with van der Waals surface area (Å²) in [5.74, 6) is 0. The van der Waals surface area contributed by atoms with Gasteiger partial charge < -0.3 is 50.4 Å². The van der Waals surface area contributed by atoms with Crippen molar-refractivity contribution in [3.63, 3.8) is 0 Å². The van der Waals surface area contributed by atoms with E-state index in [-0.39, 0.29) is 19.8 Å². The molecule has 0 heterocycles. The van der Waals surface area contributed by atoms with Gasteiger partial charge in [0.2, 0.25) is 59.3 Å². The summed E-state index contributed by atoms with van der Waals surface area (Å²) in [6.07, 6.45) is 0. The van der Waals surface area contributed by atoms with E-state index in [2.05, 4.69) is 0 Å². The molecule has 0 aliphatic carbocycles. The fraction of sp³-hybridized carbons (Fsp3) is 0. The van der Waals surface area contributed by atoms with Crippen LogP contribution in [0, 0.1) is 59.3 Å². The molecule has 108 valence electrons. The van der Waals surface area contributed by atoms with Crippen LogP contribution in [0.1, 0.15) is 0 Å². The first kappa shape index (κ1) is 31.5. The zero-order chi connectivity index (χ0) is 14.3. The van der Waals surface area contributed by atoms with Gasteiger partial charge in [-0.15, -0.1) is 0 Å². The molecule has 17 heavy (non-hydrogen) atoms. The van der Waals surface area contributed by atoms with Crippen LogP contribution < -0.4 is 50.4 Å². The molecule has 12 nitrogen and oxygen atoms in total. The van der Waals surface area contributed by atoms with E-state index in [4.69, 9.17) is 50.4 Å². The third kappa shape index (κ3) is 1080. The Morgan fingerprint density at radius 1 is 0.294 bits per heavy atom. The molecule has 0 spiro atoms. The van der Waals surface area contributed by atoms with Crippen LogP contribution in [-0.2, 0) is 19.8 Å². The Kier molecular flexibility index (Phi) is 49.2. The van der Waals surface area contributed by atoms with E-state index in [0.717, 1.165) is 0 Å². The van der Waals surface area contributed by atoms with Crippen molar-refractivity contribution in [2.24, 2.45) is 0 Å². The minimum absolute atomic E-state index is 0. The molecule has 0 amide bonds. The van der Waals surface area contributed by atoms with E-state index < -0.39 is 59.3 Å². The maximum absolute atomic E-state index is 8.52. The summed E-state index contributed by atoms with van der Waals surface area (Å²) >= 11 is -14.6. The van der Waals surface area contributed by atoms with Crippen molar-refractivity contribution in [2.45, 2.75) is 0 Å². The van der Waals surface area contributed by atoms with Crippen LogP contribution in [0.2, 0.25) is 0 Å². The molecule has 0 unspecified atom stereocenters. The molecule has 0 saturated heterocycles. The second-order valence-corrected chi connectivity index (χ2v) is 3.93. The van der Waals surface area contributed by atoms with Crippen molar-refractivity contribution in [2.75, 3.05) is 0 Å². The molecule has 0 aliphatic rings. The van der Waals surface area contributed by atoms with Crippen LogP contribution in [0.5, 0.6) is 0 Å². The normalized spacial score (nSPS) is 8.47. The van der Waals surface area contributed by atoms with Crippen LogP contribution in [0.25, 0.3) is 0 Å². The zero-order valence-corrected chi connectivity index (χ0v) is 15.6. The van der Waals surface area contributed by atoms with Gasteiger partial charge in [0.25, 0.3) is 0 Å². The molecule has 0 bridgehead atoms. The summed E-state index contributed by atoms with van der Waals surface area (Å²) < 4.78 is 102. The van der Waals surface area contributed by atoms with Crippen molar-refractivity contribution in [1.29, 1.82) is 0 Å². The fourth-order valence-electron chi connectivity index (χ4n) is 0. The molecule has 0 N–H and O–H groups in total. The smallest absolute Gasteiger partial charge is 0.405 e. The van der Waals surface area contributed by atoms with Crippen molar-refractivity contribution >= 4 is 0 Å². The Bertz CT molecular complexity index is 61.5. The molecule has 0 rings (SSSR count). The Balaban J connectivity index is -0.0000000369. The van der Waals surface area contributed by atoms with Gasteiger partial charge in [-0.1, -0.05) is 0 Å². The third-order valence-corrected chi connectivity index (χ3v) is 0. The topological polar surface area (TPSA) is 277 Å². The van der Waals surface area contributed by atoms with Crippen LogP contribution >= 0.6 is 0 Å². The van der Waals surface area contributed by atoms with Gasteiger partial charge in [0.15, 0.2) is 0 Å². The molecule has 0 aliphatic heterocycles. The molecular formula is Br4O12Os. The van der Waals surface area contributed by atoms with Crippen molar-refractivity contribution < 1.29 is 129 Å². The molecular weight excluding hydrogens is 702 g/mol. The standard InChI is InChI=1S/4BrO3.Os/c4*2-1(3)4;/q4*-1;+4. The van der Waals surface area contributed by atoms with E-state index >= 15 is 0 Å². The Hall–Kier alpha value is 2.08. The predicted molar refractivity (Wildman–Crippen MR) is 0 cm³/mol. The molecule has 0 fully saturated rings. The van der Waals surface area contributed by atoms with Gasteiger partial charge >= 0.3 is 19.8 Å². The quantitative estimate of drug-likeness (QED) is 0.228. The average molecular weight is 702 g/mol. The fourth-order valence-corrected chi connectivity index (χ4v) is 0. The number of rotatable bonds is 0. The zero-order valence-electron chi connectivity index (χ0n) is 6.76. The number of hydrogen-bond donors (Lipinski definition) is 0. The molecule has 0 saturated carbocycles. The second kappa shape index (κ2) is 26.6. The van der Waals surface area contributed by atoms with Gasteiger partial charge in [0.05, 0.1) is 0 Å². The van der Waals surface area contributed by atoms with Crippen molar-refractivity contribution in [1.82, 2.24) is 0 Å². The predicted octanol–water partition coefficient (Wildman–Crippen LogP) is -14.3. The summed E-state index contributed by atoms with van der Waals surface area (Å²) in [7, 11) is 0. The number of halogens is 4. The van der Waals surface area contributed by atoms with Gasteiger partial charge in [-0.25, -0.2) is 0 Å². The summed E-state index contributed by atoms with van der Waals surface area (Å²) in [6, 6.07) is 0. The van der Waals surface area contributed by atoms with Crippen LogP contribution in [-0.4, -0.2) is 0 Å². The summed E-state index contributed by atoms with van der Waals surface area (Å²) in [5, 5.41) is 0. The van der Waals surface area contributed by atoms with Gasteiger partial charge in [0.1, 0.15) is 0 Å². The third-order valence-electron chi connectivity index (χ3n) is 0. The second-order valence-electron chi connectivity index (χ2n) is 0.756. The number of hydrogen-bond acceptors (Lipinski definition) is 12.